The van der Waals surface area contributed by atoms with Gasteiger partial charge in [-0.1, -0.05) is 35.9 Å². The first kappa shape index (κ1) is 17.4. The predicted molar refractivity (Wildman–Crippen MR) is 103 cm³/mol. The summed E-state index contributed by atoms with van der Waals surface area (Å²) >= 11 is 6.13. The van der Waals surface area contributed by atoms with E-state index in [1.165, 1.54) is 0 Å². The maximum Gasteiger partial charge on any atom is 0.256 e. The smallest absolute Gasteiger partial charge is 0.256 e. The molecule has 0 radical (unpaired) electrons. The van der Waals surface area contributed by atoms with Gasteiger partial charge in [0.15, 0.2) is 0 Å². The van der Waals surface area contributed by atoms with Crippen LogP contribution in [0, 0.1) is 0 Å². The summed E-state index contributed by atoms with van der Waals surface area (Å²) in [6.45, 7) is 1.41. The van der Waals surface area contributed by atoms with Crippen molar-refractivity contribution < 1.29 is 13.2 Å². The summed E-state index contributed by atoms with van der Waals surface area (Å²) in [5.41, 5.74) is 1.05. The molecule has 2 aromatic carbocycles. The Bertz CT molecular complexity index is 942. The van der Waals surface area contributed by atoms with Crippen LogP contribution in [0.15, 0.2) is 52.9 Å². The Balaban J connectivity index is 1.58. The summed E-state index contributed by atoms with van der Waals surface area (Å²) in [7, 11) is -3.34. The second kappa shape index (κ2) is 6.93. The lowest BCUT2D eigenvalue weighted by molar-refractivity contribution is 0.366. The van der Waals surface area contributed by atoms with E-state index in [1.807, 2.05) is 42.5 Å². The second-order valence-corrected chi connectivity index (χ2v) is 8.68. The van der Waals surface area contributed by atoms with Gasteiger partial charge >= 0.3 is 0 Å². The van der Waals surface area contributed by atoms with Crippen LogP contribution in [-0.4, -0.2) is 38.0 Å². The van der Waals surface area contributed by atoms with E-state index in [4.69, 9.17) is 16.3 Å². The molecule has 4 rings (SSSR count). The van der Waals surface area contributed by atoms with Crippen LogP contribution in [0.25, 0.3) is 0 Å². The molecule has 0 spiro atoms. The van der Waals surface area contributed by atoms with Gasteiger partial charge in [-0.25, -0.2) is 8.42 Å². The fraction of sp³-hybridized carbons (Fsp3) is 0.316. The Labute approximate surface area is 158 Å². The first-order valence-corrected chi connectivity index (χ1v) is 10.6. The van der Waals surface area contributed by atoms with Crippen molar-refractivity contribution in [3.8, 4) is 11.5 Å². The predicted octanol–water partition coefficient (Wildman–Crippen LogP) is 4.05. The van der Waals surface area contributed by atoms with Gasteiger partial charge in [0, 0.05) is 19.0 Å². The molecule has 0 aromatic heterocycles. The number of hydrogen-bond donors (Lipinski definition) is 0. The zero-order chi connectivity index (χ0) is 18.1. The molecule has 1 atom stereocenters. The molecule has 5 nitrogen and oxygen atoms in total. The molecule has 1 unspecified atom stereocenters. The minimum Gasteiger partial charge on any atom is -0.456 e. The van der Waals surface area contributed by atoms with E-state index in [0.717, 1.165) is 24.9 Å². The Hall–Kier alpha value is -2.05. The summed E-state index contributed by atoms with van der Waals surface area (Å²) < 4.78 is 33.7. The third-order valence-electron chi connectivity index (χ3n) is 4.76. The highest BCUT2D eigenvalue weighted by molar-refractivity contribution is 7.90. The molecule has 0 N–H and O–H groups in total. The molecule has 7 heteroatoms. The van der Waals surface area contributed by atoms with Crippen molar-refractivity contribution in [2.45, 2.75) is 18.8 Å². The monoisotopic (exact) mass is 390 g/mol. The van der Waals surface area contributed by atoms with Gasteiger partial charge in [-0.15, -0.1) is 4.40 Å². The number of halogens is 1. The number of amidine groups is 1. The Morgan fingerprint density at radius 3 is 2.62 bits per heavy atom. The maximum atomic E-state index is 11.9. The number of fused-ring (bicyclic) bond motifs is 1. The molecule has 0 aliphatic carbocycles. The number of nitrogens with zero attached hydrogens (tertiary/aromatic N) is 2. The quantitative estimate of drug-likeness (QED) is 0.793. The standard InChI is InChI=1S/C19H19ClN2O3S/c20-17-5-1-2-6-18(17)25-15-9-7-14(8-10-15)16-4-3-11-22-12-13-26(23,24)21-19(16)22/h1-2,5-10,16H,3-4,11-13H2. The van der Waals surface area contributed by atoms with Crippen molar-refractivity contribution in [3.05, 3.63) is 59.1 Å². The topological polar surface area (TPSA) is 59.0 Å². The average Bonchev–Trinajstić information content (AvgIpc) is 2.63. The highest BCUT2D eigenvalue weighted by Crippen LogP contribution is 2.34. The average molecular weight is 391 g/mol. The zero-order valence-corrected chi connectivity index (χ0v) is 15.7. The zero-order valence-electron chi connectivity index (χ0n) is 14.1. The van der Waals surface area contributed by atoms with E-state index >= 15 is 0 Å². The maximum absolute atomic E-state index is 11.9. The minimum absolute atomic E-state index is 0.00758. The third kappa shape index (κ3) is 3.57. The SMILES string of the molecule is O=S1(=O)CCN2CCCC(c3ccc(Oc4ccccc4Cl)cc3)C2=N1. The lowest BCUT2D eigenvalue weighted by Crippen LogP contribution is -2.46. The van der Waals surface area contributed by atoms with Crippen molar-refractivity contribution in [1.29, 1.82) is 0 Å². The van der Waals surface area contributed by atoms with E-state index in [2.05, 4.69) is 9.30 Å². The van der Waals surface area contributed by atoms with E-state index < -0.39 is 10.0 Å². The summed E-state index contributed by atoms with van der Waals surface area (Å²) in [4.78, 5) is 2.10. The van der Waals surface area contributed by atoms with Gasteiger partial charge in [0.25, 0.3) is 10.0 Å². The van der Waals surface area contributed by atoms with Crippen molar-refractivity contribution >= 4 is 27.5 Å². The van der Waals surface area contributed by atoms with Gasteiger partial charge < -0.3 is 9.64 Å². The fourth-order valence-electron chi connectivity index (χ4n) is 3.45. The van der Waals surface area contributed by atoms with E-state index in [1.54, 1.807) is 6.07 Å². The second-order valence-electron chi connectivity index (χ2n) is 6.52. The Morgan fingerprint density at radius 2 is 1.85 bits per heavy atom. The van der Waals surface area contributed by atoms with Gasteiger partial charge in [-0.05, 0) is 42.7 Å². The van der Waals surface area contributed by atoms with Crippen LogP contribution in [0.5, 0.6) is 11.5 Å². The fourth-order valence-corrected chi connectivity index (χ4v) is 4.69. The molecule has 1 saturated heterocycles. The number of rotatable bonds is 3. The van der Waals surface area contributed by atoms with E-state index in [0.29, 0.717) is 28.9 Å². The molecule has 0 saturated carbocycles. The molecule has 1 fully saturated rings. The number of ether oxygens (including phenoxy) is 1. The Kier molecular flexibility index (Phi) is 4.63. The number of hydrogen-bond acceptors (Lipinski definition) is 4. The summed E-state index contributed by atoms with van der Waals surface area (Å²) in [5.74, 6) is 2.09. The van der Waals surface area contributed by atoms with Crippen molar-refractivity contribution in [2.75, 3.05) is 18.8 Å². The minimum atomic E-state index is -3.34. The van der Waals surface area contributed by atoms with E-state index in [9.17, 15) is 8.42 Å². The molecular formula is C19H19ClN2O3S. The Morgan fingerprint density at radius 1 is 1.08 bits per heavy atom. The van der Waals surface area contributed by atoms with Crippen LogP contribution < -0.4 is 4.74 Å². The van der Waals surface area contributed by atoms with Gasteiger partial charge in [0.2, 0.25) is 0 Å². The third-order valence-corrected chi connectivity index (χ3v) is 6.23. The molecule has 26 heavy (non-hydrogen) atoms. The number of para-hydroxylation sites is 1. The summed E-state index contributed by atoms with van der Waals surface area (Å²) in [6, 6.07) is 15.0. The normalized spacial score (nSPS) is 21.7. The molecule has 0 amide bonds. The molecule has 2 heterocycles. The number of benzene rings is 2. The van der Waals surface area contributed by atoms with Crippen LogP contribution in [0.3, 0.4) is 0 Å². The van der Waals surface area contributed by atoms with Crippen LogP contribution in [-0.2, 0) is 10.0 Å². The summed E-state index contributed by atoms with van der Waals surface area (Å²) in [5, 5.41) is 0.557. The number of sulfonamides is 1. The lowest BCUT2D eigenvalue weighted by Gasteiger charge is -2.37. The molecular weight excluding hydrogens is 372 g/mol. The van der Waals surface area contributed by atoms with Crippen LogP contribution >= 0.6 is 11.6 Å². The van der Waals surface area contributed by atoms with Gasteiger partial charge in [-0.2, -0.15) is 0 Å². The molecule has 2 aliphatic heterocycles. The van der Waals surface area contributed by atoms with Gasteiger partial charge in [0.1, 0.15) is 17.3 Å². The first-order chi connectivity index (χ1) is 12.5. The largest absolute Gasteiger partial charge is 0.456 e. The van der Waals surface area contributed by atoms with E-state index in [-0.39, 0.29) is 11.7 Å². The highest BCUT2D eigenvalue weighted by atomic mass is 35.5. The van der Waals surface area contributed by atoms with Crippen molar-refractivity contribution in [3.63, 3.8) is 0 Å². The number of piperidine rings is 1. The molecule has 0 bridgehead atoms. The van der Waals surface area contributed by atoms with Crippen LogP contribution in [0.4, 0.5) is 0 Å². The van der Waals surface area contributed by atoms with Crippen LogP contribution in [0.1, 0.15) is 24.3 Å². The highest BCUT2D eigenvalue weighted by Gasteiger charge is 2.33. The molecule has 2 aromatic rings. The van der Waals surface area contributed by atoms with Crippen molar-refractivity contribution in [2.24, 2.45) is 4.40 Å². The lowest BCUT2D eigenvalue weighted by atomic mass is 9.89. The molecule has 136 valence electrons. The van der Waals surface area contributed by atoms with Gasteiger partial charge in [-0.3, -0.25) is 0 Å². The van der Waals surface area contributed by atoms with Gasteiger partial charge in [0.05, 0.1) is 10.8 Å². The van der Waals surface area contributed by atoms with Crippen molar-refractivity contribution in [1.82, 2.24) is 4.90 Å². The van der Waals surface area contributed by atoms with Crippen LogP contribution in [0.2, 0.25) is 5.02 Å². The molecule has 2 aliphatic rings. The summed E-state index contributed by atoms with van der Waals surface area (Å²) in [6.07, 6.45) is 1.93. The first-order valence-electron chi connectivity index (χ1n) is 8.62.